The minimum absolute atomic E-state index is 0.585. The van der Waals surface area contributed by atoms with E-state index in [0.717, 1.165) is 23.1 Å². The summed E-state index contributed by atoms with van der Waals surface area (Å²) < 4.78 is 1.79. The van der Waals surface area contributed by atoms with Crippen molar-refractivity contribution in [2.75, 3.05) is 5.43 Å². The first-order chi connectivity index (χ1) is 9.31. The Balaban J connectivity index is 2.20. The Morgan fingerprint density at radius 1 is 1.26 bits per heavy atom. The maximum Gasteiger partial charge on any atom is 0.159 e. The number of nitrogens with two attached hydrogens (primary N) is 1. The fourth-order valence-corrected chi connectivity index (χ4v) is 1.98. The van der Waals surface area contributed by atoms with Gasteiger partial charge < -0.3 is 5.43 Å². The number of para-hydroxylation sites is 1. The van der Waals surface area contributed by atoms with Gasteiger partial charge in [-0.3, -0.25) is 0 Å². The summed E-state index contributed by atoms with van der Waals surface area (Å²) in [6.45, 7) is 2.00. The average molecular weight is 254 g/mol. The van der Waals surface area contributed by atoms with Crippen molar-refractivity contribution in [3.05, 3.63) is 42.4 Å². The molecule has 6 nitrogen and oxygen atoms in total. The van der Waals surface area contributed by atoms with Crippen LogP contribution in [0.25, 0.3) is 16.7 Å². The summed E-state index contributed by atoms with van der Waals surface area (Å²) in [6, 6.07) is 9.76. The Hall–Kier alpha value is -2.47. The predicted molar refractivity (Wildman–Crippen MR) is 73.8 cm³/mol. The van der Waals surface area contributed by atoms with Crippen LogP contribution >= 0.6 is 0 Å². The number of hydrogen-bond donors (Lipinski definition) is 2. The fourth-order valence-electron chi connectivity index (χ4n) is 1.98. The van der Waals surface area contributed by atoms with E-state index in [0.29, 0.717) is 11.6 Å². The molecule has 19 heavy (non-hydrogen) atoms. The van der Waals surface area contributed by atoms with E-state index in [9.17, 15) is 0 Å². The fraction of sp³-hybridized carbons (Fsp3) is 0.154. The van der Waals surface area contributed by atoms with E-state index < -0.39 is 0 Å². The molecule has 1 aromatic carbocycles. The lowest BCUT2D eigenvalue weighted by molar-refractivity contribution is 0.833. The molecule has 0 radical (unpaired) electrons. The van der Waals surface area contributed by atoms with Crippen molar-refractivity contribution in [3.63, 3.8) is 0 Å². The Labute approximate surface area is 110 Å². The normalized spacial score (nSPS) is 10.8. The van der Waals surface area contributed by atoms with Crippen LogP contribution in [0.3, 0.4) is 0 Å². The second kappa shape index (κ2) is 4.66. The van der Waals surface area contributed by atoms with Gasteiger partial charge in [0.15, 0.2) is 5.82 Å². The molecule has 6 heteroatoms. The van der Waals surface area contributed by atoms with Crippen LogP contribution in [-0.4, -0.2) is 19.7 Å². The van der Waals surface area contributed by atoms with Crippen LogP contribution < -0.4 is 11.3 Å². The van der Waals surface area contributed by atoms with E-state index >= 15 is 0 Å². The first-order valence-electron chi connectivity index (χ1n) is 6.09. The second-order valence-corrected chi connectivity index (χ2v) is 4.14. The zero-order valence-electron chi connectivity index (χ0n) is 10.5. The Bertz CT molecular complexity index is 696. The molecule has 2 aromatic heterocycles. The number of anilines is 1. The molecule has 0 atom stereocenters. The van der Waals surface area contributed by atoms with Crippen molar-refractivity contribution < 1.29 is 0 Å². The molecule has 0 aliphatic heterocycles. The maximum absolute atomic E-state index is 5.44. The molecule has 96 valence electrons. The van der Waals surface area contributed by atoms with Gasteiger partial charge in [-0.25, -0.2) is 20.5 Å². The molecule has 0 unspecified atom stereocenters. The molecule has 2 heterocycles. The molecule has 3 aromatic rings. The highest BCUT2D eigenvalue weighted by Crippen LogP contribution is 2.18. The van der Waals surface area contributed by atoms with Crippen LogP contribution in [0, 0.1) is 0 Å². The molecule has 0 bridgehead atoms. The van der Waals surface area contributed by atoms with Gasteiger partial charge in [-0.1, -0.05) is 25.1 Å². The first-order valence-corrected chi connectivity index (χ1v) is 6.09. The lowest BCUT2D eigenvalue weighted by Gasteiger charge is -2.07. The van der Waals surface area contributed by atoms with Crippen LogP contribution in [-0.2, 0) is 6.42 Å². The number of aryl methyl sites for hydroxylation is 1. The highest BCUT2D eigenvalue weighted by molar-refractivity contribution is 5.79. The SMILES string of the molecule is CCc1nc(NN)cc(-n2ncc3ccccc32)n1. The lowest BCUT2D eigenvalue weighted by atomic mass is 10.2. The molecule has 3 N–H and O–H groups in total. The molecule has 3 rings (SSSR count). The predicted octanol–water partition coefficient (Wildman–Crippen LogP) is 1.66. The quantitative estimate of drug-likeness (QED) is 0.548. The van der Waals surface area contributed by atoms with Gasteiger partial charge in [0, 0.05) is 17.9 Å². The smallest absolute Gasteiger partial charge is 0.159 e. The van der Waals surface area contributed by atoms with E-state index in [1.807, 2.05) is 37.4 Å². The number of nitrogens with zero attached hydrogens (tertiary/aromatic N) is 4. The Morgan fingerprint density at radius 3 is 2.89 bits per heavy atom. The van der Waals surface area contributed by atoms with E-state index in [-0.39, 0.29) is 0 Å². The van der Waals surface area contributed by atoms with Crippen molar-refractivity contribution in [1.29, 1.82) is 0 Å². The molecule has 0 spiro atoms. The number of nitrogen functional groups attached to an aromatic ring is 1. The second-order valence-electron chi connectivity index (χ2n) is 4.14. The number of aromatic nitrogens is 4. The molecule has 0 aliphatic rings. The number of nitrogens with one attached hydrogen (secondary N) is 1. The van der Waals surface area contributed by atoms with Crippen molar-refractivity contribution in [2.45, 2.75) is 13.3 Å². The maximum atomic E-state index is 5.44. The molecule has 0 saturated heterocycles. The van der Waals surface area contributed by atoms with Gasteiger partial charge in [0.25, 0.3) is 0 Å². The van der Waals surface area contributed by atoms with E-state index in [4.69, 9.17) is 5.84 Å². The highest BCUT2D eigenvalue weighted by Gasteiger charge is 2.08. The first kappa shape index (κ1) is 11.6. The van der Waals surface area contributed by atoms with Gasteiger partial charge in [0.2, 0.25) is 0 Å². The molecule has 0 aliphatic carbocycles. The topological polar surface area (TPSA) is 81.6 Å². The third-order valence-electron chi connectivity index (χ3n) is 2.92. The number of hydrogen-bond acceptors (Lipinski definition) is 5. The van der Waals surface area contributed by atoms with E-state index in [1.54, 1.807) is 10.7 Å². The third-order valence-corrected chi connectivity index (χ3v) is 2.92. The summed E-state index contributed by atoms with van der Waals surface area (Å²) in [7, 11) is 0. The van der Waals surface area contributed by atoms with Crippen LogP contribution in [0.2, 0.25) is 0 Å². The largest absolute Gasteiger partial charge is 0.308 e. The van der Waals surface area contributed by atoms with Crippen LogP contribution in [0.15, 0.2) is 36.5 Å². The number of hydrazine groups is 1. The molecule has 0 fully saturated rings. The van der Waals surface area contributed by atoms with E-state index in [1.165, 1.54) is 0 Å². The summed E-state index contributed by atoms with van der Waals surface area (Å²) in [4.78, 5) is 8.76. The summed E-state index contributed by atoms with van der Waals surface area (Å²) >= 11 is 0. The van der Waals surface area contributed by atoms with Crippen molar-refractivity contribution in [1.82, 2.24) is 19.7 Å². The minimum atomic E-state index is 0.585. The monoisotopic (exact) mass is 254 g/mol. The summed E-state index contributed by atoms with van der Waals surface area (Å²) in [5, 5.41) is 5.44. The lowest BCUT2D eigenvalue weighted by Crippen LogP contribution is -2.12. The molecular formula is C13H14N6. The number of benzene rings is 1. The zero-order valence-corrected chi connectivity index (χ0v) is 10.5. The van der Waals surface area contributed by atoms with E-state index in [2.05, 4.69) is 20.5 Å². The third kappa shape index (κ3) is 2.02. The van der Waals surface area contributed by atoms with Crippen molar-refractivity contribution in [2.24, 2.45) is 5.84 Å². The van der Waals surface area contributed by atoms with Gasteiger partial charge in [0.1, 0.15) is 11.6 Å². The summed E-state index contributed by atoms with van der Waals surface area (Å²) in [5.41, 5.74) is 3.57. The summed E-state index contributed by atoms with van der Waals surface area (Å²) in [5.74, 6) is 7.46. The molecular weight excluding hydrogens is 240 g/mol. The molecule has 0 saturated carbocycles. The number of rotatable bonds is 3. The Kier molecular flexibility index (Phi) is 2.85. The van der Waals surface area contributed by atoms with Gasteiger partial charge >= 0.3 is 0 Å². The average Bonchev–Trinajstić information content (AvgIpc) is 2.90. The minimum Gasteiger partial charge on any atom is -0.308 e. The number of fused-ring (bicyclic) bond motifs is 1. The zero-order chi connectivity index (χ0) is 13.2. The molecule has 0 amide bonds. The summed E-state index contributed by atoms with van der Waals surface area (Å²) in [6.07, 6.45) is 2.56. The highest BCUT2D eigenvalue weighted by atomic mass is 15.3. The van der Waals surface area contributed by atoms with Gasteiger partial charge in [0.05, 0.1) is 11.7 Å². The standard InChI is InChI=1S/C13H14N6/c1-2-11-16-12(18-14)7-13(17-11)19-10-6-4-3-5-9(10)8-15-19/h3-8H,2,14H2,1H3,(H,16,17,18). The van der Waals surface area contributed by atoms with Crippen molar-refractivity contribution >= 4 is 16.7 Å². The van der Waals surface area contributed by atoms with Crippen LogP contribution in [0.4, 0.5) is 5.82 Å². The Morgan fingerprint density at radius 2 is 2.11 bits per heavy atom. The van der Waals surface area contributed by atoms with Crippen molar-refractivity contribution in [3.8, 4) is 5.82 Å². The van der Waals surface area contributed by atoms with Gasteiger partial charge in [-0.05, 0) is 6.07 Å². The van der Waals surface area contributed by atoms with Crippen LogP contribution in [0.1, 0.15) is 12.7 Å². The van der Waals surface area contributed by atoms with Gasteiger partial charge in [-0.2, -0.15) is 5.10 Å². The van der Waals surface area contributed by atoms with Crippen LogP contribution in [0.5, 0.6) is 0 Å². The van der Waals surface area contributed by atoms with Gasteiger partial charge in [-0.15, -0.1) is 0 Å².